The molecule has 5 heteroatoms. The summed E-state index contributed by atoms with van der Waals surface area (Å²) in [7, 11) is 1.93. The Morgan fingerprint density at radius 3 is 2.50 bits per heavy atom. The second-order valence-corrected chi connectivity index (χ2v) is 8.78. The van der Waals surface area contributed by atoms with Gasteiger partial charge in [0.1, 0.15) is 0 Å². The van der Waals surface area contributed by atoms with Gasteiger partial charge in [-0.25, -0.2) is 0 Å². The summed E-state index contributed by atoms with van der Waals surface area (Å²) in [4.78, 5) is 17.7. The van der Waals surface area contributed by atoms with Gasteiger partial charge in [0.15, 0.2) is 0 Å². The number of amides is 1. The molecule has 2 aromatic carbocycles. The normalized spacial score (nSPS) is 24.6. The van der Waals surface area contributed by atoms with E-state index >= 15 is 0 Å². The van der Waals surface area contributed by atoms with Gasteiger partial charge in [-0.3, -0.25) is 15.6 Å². The molecule has 0 bridgehead atoms. The Hall–Kier alpha value is -2.21. The number of hydrazine groups is 1. The van der Waals surface area contributed by atoms with E-state index in [9.17, 15) is 4.79 Å². The van der Waals surface area contributed by atoms with E-state index in [-0.39, 0.29) is 17.9 Å². The van der Waals surface area contributed by atoms with E-state index in [1.807, 2.05) is 30.1 Å². The topological polar surface area (TPSA) is 47.6 Å². The second kappa shape index (κ2) is 10.2. The molecule has 3 atom stereocenters. The van der Waals surface area contributed by atoms with Crippen molar-refractivity contribution in [1.82, 2.24) is 20.7 Å². The van der Waals surface area contributed by atoms with Crippen molar-refractivity contribution in [2.45, 2.75) is 31.8 Å². The molecule has 2 aliphatic heterocycles. The number of rotatable bonds is 7. The largest absolute Gasteiger partial charge is 0.341 e. The SMILES string of the molecule is CN(Cc1ccccc1)C(=O)C1CNNC1C1CCCN(CCc2ccccc2)C1. The van der Waals surface area contributed by atoms with E-state index in [0.29, 0.717) is 19.0 Å². The number of hydrogen-bond donors (Lipinski definition) is 2. The highest BCUT2D eigenvalue weighted by Gasteiger charge is 2.40. The fourth-order valence-corrected chi connectivity index (χ4v) is 4.94. The van der Waals surface area contributed by atoms with Gasteiger partial charge in [0, 0.05) is 39.3 Å². The first kappa shape index (κ1) is 21.0. The minimum atomic E-state index is -0.00205. The highest BCUT2D eigenvalue weighted by Crippen LogP contribution is 2.27. The molecule has 2 heterocycles. The number of carbonyl (C=O) groups is 1. The van der Waals surface area contributed by atoms with Crippen molar-refractivity contribution in [1.29, 1.82) is 0 Å². The maximum Gasteiger partial charge on any atom is 0.228 e. The van der Waals surface area contributed by atoms with E-state index in [2.05, 4.69) is 58.2 Å². The van der Waals surface area contributed by atoms with Gasteiger partial charge in [0.05, 0.1) is 5.92 Å². The maximum absolute atomic E-state index is 13.2. The van der Waals surface area contributed by atoms with Crippen LogP contribution in [0.3, 0.4) is 0 Å². The number of likely N-dealkylation sites (tertiary alicyclic amines) is 1. The van der Waals surface area contributed by atoms with Crippen molar-refractivity contribution >= 4 is 5.91 Å². The minimum absolute atomic E-state index is 0.00205. The average Bonchev–Trinajstić information content (AvgIpc) is 3.29. The van der Waals surface area contributed by atoms with Crippen molar-refractivity contribution in [3.8, 4) is 0 Å². The van der Waals surface area contributed by atoms with Gasteiger partial charge in [-0.15, -0.1) is 0 Å². The molecule has 2 aromatic rings. The van der Waals surface area contributed by atoms with E-state index in [1.165, 1.54) is 24.0 Å². The average molecular weight is 407 g/mol. The van der Waals surface area contributed by atoms with Crippen LogP contribution < -0.4 is 10.9 Å². The van der Waals surface area contributed by atoms with Crippen LogP contribution >= 0.6 is 0 Å². The van der Waals surface area contributed by atoms with E-state index in [1.54, 1.807) is 0 Å². The number of benzene rings is 2. The first-order valence-corrected chi connectivity index (χ1v) is 11.2. The van der Waals surface area contributed by atoms with E-state index in [0.717, 1.165) is 26.1 Å². The number of piperidine rings is 1. The molecule has 2 saturated heterocycles. The predicted octanol–water partition coefficient (Wildman–Crippen LogP) is 2.69. The zero-order valence-electron chi connectivity index (χ0n) is 18.0. The van der Waals surface area contributed by atoms with Crippen molar-refractivity contribution in [2.24, 2.45) is 11.8 Å². The molecule has 1 amide bonds. The van der Waals surface area contributed by atoms with Crippen molar-refractivity contribution in [3.05, 3.63) is 71.8 Å². The van der Waals surface area contributed by atoms with Crippen LogP contribution in [-0.2, 0) is 17.8 Å². The summed E-state index contributed by atoms with van der Waals surface area (Å²) in [5, 5.41) is 0. The summed E-state index contributed by atoms with van der Waals surface area (Å²) in [6.45, 7) is 4.70. The second-order valence-electron chi connectivity index (χ2n) is 8.78. The molecule has 4 rings (SSSR count). The lowest BCUT2D eigenvalue weighted by atomic mass is 9.83. The van der Waals surface area contributed by atoms with Crippen LogP contribution in [0.5, 0.6) is 0 Å². The Kier molecular flexibility index (Phi) is 7.16. The Morgan fingerprint density at radius 1 is 1.07 bits per heavy atom. The van der Waals surface area contributed by atoms with Gasteiger partial charge in [-0.1, -0.05) is 60.7 Å². The number of carbonyl (C=O) groups excluding carboxylic acids is 1. The van der Waals surface area contributed by atoms with Gasteiger partial charge in [0.2, 0.25) is 5.91 Å². The lowest BCUT2D eigenvalue weighted by Crippen LogP contribution is -2.50. The van der Waals surface area contributed by atoms with Crippen LogP contribution in [0.2, 0.25) is 0 Å². The monoisotopic (exact) mass is 406 g/mol. The summed E-state index contributed by atoms with van der Waals surface area (Å²) in [5.41, 5.74) is 9.30. The lowest BCUT2D eigenvalue weighted by Gasteiger charge is -2.37. The molecule has 3 unspecified atom stereocenters. The quantitative estimate of drug-likeness (QED) is 0.742. The van der Waals surface area contributed by atoms with Crippen LogP contribution in [0, 0.1) is 11.8 Å². The Balaban J connectivity index is 1.33. The third-order valence-corrected chi connectivity index (χ3v) is 6.59. The molecule has 0 spiro atoms. The summed E-state index contributed by atoms with van der Waals surface area (Å²) in [6.07, 6.45) is 3.48. The third kappa shape index (κ3) is 5.28. The molecule has 0 aromatic heterocycles. The Morgan fingerprint density at radius 2 is 1.77 bits per heavy atom. The standard InChI is InChI=1S/C25H34N4O/c1-28(18-21-11-6-3-7-12-21)25(30)23-17-26-27-24(23)22-13-8-15-29(19-22)16-14-20-9-4-2-5-10-20/h2-7,9-12,22-24,26-27H,8,13-19H2,1H3. The highest BCUT2D eigenvalue weighted by atomic mass is 16.2. The molecular formula is C25H34N4O. The van der Waals surface area contributed by atoms with Crippen molar-refractivity contribution in [2.75, 3.05) is 33.2 Å². The maximum atomic E-state index is 13.2. The van der Waals surface area contributed by atoms with E-state index in [4.69, 9.17) is 0 Å². The molecule has 0 saturated carbocycles. The van der Waals surface area contributed by atoms with Gasteiger partial charge < -0.3 is 9.80 Å². The van der Waals surface area contributed by atoms with Crippen LogP contribution in [-0.4, -0.2) is 55.0 Å². The smallest absolute Gasteiger partial charge is 0.228 e. The summed E-state index contributed by atoms with van der Waals surface area (Å²) >= 11 is 0. The van der Waals surface area contributed by atoms with Crippen LogP contribution in [0.1, 0.15) is 24.0 Å². The zero-order chi connectivity index (χ0) is 20.8. The zero-order valence-corrected chi connectivity index (χ0v) is 18.0. The fourth-order valence-electron chi connectivity index (χ4n) is 4.94. The third-order valence-electron chi connectivity index (χ3n) is 6.59. The molecule has 2 N–H and O–H groups in total. The Bertz CT molecular complexity index is 797. The summed E-state index contributed by atoms with van der Waals surface area (Å²) in [5.74, 6) is 0.740. The number of nitrogens with zero attached hydrogens (tertiary/aromatic N) is 2. The van der Waals surface area contributed by atoms with Gasteiger partial charge in [-0.2, -0.15) is 0 Å². The molecule has 2 fully saturated rings. The molecule has 2 aliphatic rings. The van der Waals surface area contributed by atoms with Gasteiger partial charge in [-0.05, 0) is 42.9 Å². The molecule has 0 radical (unpaired) electrons. The van der Waals surface area contributed by atoms with Gasteiger partial charge >= 0.3 is 0 Å². The highest BCUT2D eigenvalue weighted by molar-refractivity contribution is 5.80. The molecule has 160 valence electrons. The first-order valence-electron chi connectivity index (χ1n) is 11.2. The molecule has 30 heavy (non-hydrogen) atoms. The number of nitrogens with one attached hydrogen (secondary N) is 2. The first-order chi connectivity index (χ1) is 14.7. The van der Waals surface area contributed by atoms with Crippen molar-refractivity contribution in [3.63, 3.8) is 0 Å². The molecule has 0 aliphatic carbocycles. The summed E-state index contributed by atoms with van der Waals surface area (Å²) < 4.78 is 0. The number of hydrogen-bond acceptors (Lipinski definition) is 4. The summed E-state index contributed by atoms with van der Waals surface area (Å²) in [6, 6.07) is 21.2. The fraction of sp³-hybridized carbons (Fsp3) is 0.480. The van der Waals surface area contributed by atoms with Crippen LogP contribution in [0.15, 0.2) is 60.7 Å². The minimum Gasteiger partial charge on any atom is -0.341 e. The lowest BCUT2D eigenvalue weighted by molar-refractivity contribution is -0.135. The molecular weight excluding hydrogens is 372 g/mol. The van der Waals surface area contributed by atoms with Crippen molar-refractivity contribution < 1.29 is 4.79 Å². The van der Waals surface area contributed by atoms with Crippen LogP contribution in [0.25, 0.3) is 0 Å². The van der Waals surface area contributed by atoms with E-state index < -0.39 is 0 Å². The van der Waals surface area contributed by atoms with Crippen LogP contribution in [0.4, 0.5) is 0 Å². The predicted molar refractivity (Wildman–Crippen MR) is 121 cm³/mol. The molecule has 5 nitrogen and oxygen atoms in total. The van der Waals surface area contributed by atoms with Gasteiger partial charge in [0.25, 0.3) is 0 Å². The Labute approximate surface area is 180 Å².